The Hall–Kier alpha value is -2.07. The van der Waals surface area contributed by atoms with Gasteiger partial charge in [0.15, 0.2) is 0 Å². The van der Waals surface area contributed by atoms with Crippen LogP contribution in [0.5, 0.6) is 5.75 Å². The second-order valence-corrected chi connectivity index (χ2v) is 5.17. The highest BCUT2D eigenvalue weighted by atomic mass is 16.5. The van der Waals surface area contributed by atoms with Crippen molar-refractivity contribution >= 4 is 16.7 Å². The van der Waals surface area contributed by atoms with E-state index >= 15 is 0 Å². The summed E-state index contributed by atoms with van der Waals surface area (Å²) in [6.07, 6.45) is -0.648. The average Bonchev–Trinajstić information content (AvgIpc) is 2.50. The van der Waals surface area contributed by atoms with Crippen LogP contribution in [0.4, 0.5) is 0 Å². The normalized spacial score (nSPS) is 13.7. The first kappa shape index (κ1) is 15.3. The molecule has 2 atom stereocenters. The Morgan fingerprint density at radius 3 is 2.48 bits per heavy atom. The maximum absolute atomic E-state index is 11.9. The molecular weight excluding hydrogens is 268 g/mol. The minimum absolute atomic E-state index is 0.0218. The Bertz CT molecular complexity index is 634. The smallest absolute Gasteiger partial charge is 0.313 e. The van der Waals surface area contributed by atoms with Crippen LogP contribution < -0.4 is 4.74 Å². The molecule has 1 unspecified atom stereocenters. The molecule has 0 aliphatic rings. The van der Waals surface area contributed by atoms with Gasteiger partial charge in [0.05, 0.1) is 19.1 Å². The summed E-state index contributed by atoms with van der Waals surface area (Å²) in [5.74, 6) is 0.110. The first-order valence-corrected chi connectivity index (χ1v) is 6.93. The van der Waals surface area contributed by atoms with Crippen LogP contribution in [-0.4, -0.2) is 30.9 Å². The molecular formula is C17H20O4. The predicted octanol–water partition coefficient (Wildman–Crippen LogP) is 2.88. The van der Waals surface area contributed by atoms with Crippen LogP contribution in [0.1, 0.15) is 25.3 Å². The molecule has 0 aromatic heterocycles. The molecule has 0 aliphatic carbocycles. The van der Waals surface area contributed by atoms with Crippen LogP contribution in [0.15, 0.2) is 36.4 Å². The van der Waals surface area contributed by atoms with E-state index in [1.807, 2.05) is 36.4 Å². The molecule has 0 aliphatic heterocycles. The third-order valence-corrected chi connectivity index (χ3v) is 3.39. The fraction of sp³-hybridized carbons (Fsp3) is 0.353. The van der Waals surface area contributed by atoms with Gasteiger partial charge in [-0.1, -0.05) is 24.3 Å². The Balaban J connectivity index is 2.20. The number of carbonyl (C=O) groups excluding carboxylic acids is 1. The minimum Gasteiger partial charge on any atom is -0.497 e. The zero-order valence-corrected chi connectivity index (χ0v) is 12.5. The van der Waals surface area contributed by atoms with Gasteiger partial charge in [-0.05, 0) is 42.3 Å². The summed E-state index contributed by atoms with van der Waals surface area (Å²) in [6, 6.07) is 11.7. The van der Waals surface area contributed by atoms with Gasteiger partial charge < -0.3 is 14.6 Å². The zero-order chi connectivity index (χ0) is 15.4. The van der Waals surface area contributed by atoms with Crippen molar-refractivity contribution in [2.24, 2.45) is 0 Å². The number of rotatable bonds is 5. The molecule has 0 saturated carbocycles. The van der Waals surface area contributed by atoms with Gasteiger partial charge >= 0.3 is 5.97 Å². The number of hydrogen-bond donors (Lipinski definition) is 1. The van der Waals surface area contributed by atoms with Crippen molar-refractivity contribution < 1.29 is 19.4 Å². The Morgan fingerprint density at radius 1 is 1.14 bits per heavy atom. The number of fused-ring (bicyclic) bond motifs is 1. The second kappa shape index (κ2) is 6.59. The standard InChI is InChI=1S/C17H20O4/c1-11(18)10-21-17(19)12(2)13-4-5-15-9-16(20-3)7-6-14(15)8-13/h4-9,11-12,18H,10H2,1-3H3/t11?,12-/m0/s1. The maximum Gasteiger partial charge on any atom is 0.313 e. The summed E-state index contributed by atoms with van der Waals surface area (Å²) in [7, 11) is 1.63. The monoisotopic (exact) mass is 288 g/mol. The van der Waals surface area contributed by atoms with Crippen molar-refractivity contribution in [3.8, 4) is 5.75 Å². The number of aliphatic hydroxyl groups is 1. The molecule has 0 saturated heterocycles. The van der Waals surface area contributed by atoms with E-state index in [1.165, 1.54) is 0 Å². The van der Waals surface area contributed by atoms with Crippen LogP contribution >= 0.6 is 0 Å². The predicted molar refractivity (Wildman–Crippen MR) is 81.6 cm³/mol. The molecule has 112 valence electrons. The van der Waals surface area contributed by atoms with Gasteiger partial charge in [-0.15, -0.1) is 0 Å². The maximum atomic E-state index is 11.9. The number of carbonyl (C=O) groups is 1. The Labute approximate surface area is 124 Å². The highest BCUT2D eigenvalue weighted by Gasteiger charge is 2.17. The number of ether oxygens (including phenoxy) is 2. The summed E-state index contributed by atoms with van der Waals surface area (Å²) < 4.78 is 10.3. The van der Waals surface area contributed by atoms with Crippen molar-refractivity contribution in [2.45, 2.75) is 25.9 Å². The lowest BCUT2D eigenvalue weighted by Gasteiger charge is -2.13. The average molecular weight is 288 g/mol. The molecule has 2 aromatic carbocycles. The Kier molecular flexibility index (Phi) is 4.81. The molecule has 0 bridgehead atoms. The molecule has 0 heterocycles. The van der Waals surface area contributed by atoms with Crippen molar-refractivity contribution in [3.05, 3.63) is 42.0 Å². The molecule has 21 heavy (non-hydrogen) atoms. The fourth-order valence-electron chi connectivity index (χ4n) is 2.10. The van der Waals surface area contributed by atoms with E-state index in [9.17, 15) is 4.79 Å². The van der Waals surface area contributed by atoms with Crippen LogP contribution in [0.3, 0.4) is 0 Å². The van der Waals surface area contributed by atoms with Gasteiger partial charge in [0.25, 0.3) is 0 Å². The lowest BCUT2D eigenvalue weighted by atomic mass is 9.98. The number of methoxy groups -OCH3 is 1. The van der Waals surface area contributed by atoms with E-state index < -0.39 is 6.10 Å². The van der Waals surface area contributed by atoms with E-state index in [-0.39, 0.29) is 18.5 Å². The third kappa shape index (κ3) is 3.73. The van der Waals surface area contributed by atoms with Crippen molar-refractivity contribution in [1.29, 1.82) is 0 Å². The SMILES string of the molecule is COc1ccc2cc([C@H](C)C(=O)OCC(C)O)ccc2c1. The molecule has 0 amide bonds. The third-order valence-electron chi connectivity index (χ3n) is 3.39. The molecule has 1 N–H and O–H groups in total. The second-order valence-electron chi connectivity index (χ2n) is 5.17. The van der Waals surface area contributed by atoms with Crippen LogP contribution in [0, 0.1) is 0 Å². The van der Waals surface area contributed by atoms with E-state index in [0.717, 1.165) is 22.1 Å². The van der Waals surface area contributed by atoms with E-state index in [4.69, 9.17) is 14.6 Å². The zero-order valence-electron chi connectivity index (χ0n) is 12.5. The number of esters is 1. The molecule has 4 heteroatoms. The number of aliphatic hydroxyl groups excluding tert-OH is 1. The minimum atomic E-state index is -0.648. The van der Waals surface area contributed by atoms with Gasteiger partial charge in [-0.25, -0.2) is 0 Å². The number of benzene rings is 2. The highest BCUT2D eigenvalue weighted by Crippen LogP contribution is 2.25. The summed E-state index contributed by atoms with van der Waals surface area (Å²) in [6.45, 7) is 3.41. The summed E-state index contributed by atoms with van der Waals surface area (Å²) in [5.41, 5.74) is 0.892. The largest absolute Gasteiger partial charge is 0.497 e. The van der Waals surface area contributed by atoms with E-state index in [1.54, 1.807) is 21.0 Å². The summed E-state index contributed by atoms with van der Waals surface area (Å²) in [5, 5.41) is 11.3. The van der Waals surface area contributed by atoms with Crippen LogP contribution in [0.2, 0.25) is 0 Å². The molecule has 0 spiro atoms. The van der Waals surface area contributed by atoms with Crippen LogP contribution in [-0.2, 0) is 9.53 Å². The first-order chi connectivity index (χ1) is 10.0. The first-order valence-electron chi connectivity index (χ1n) is 6.93. The van der Waals surface area contributed by atoms with Crippen molar-refractivity contribution in [3.63, 3.8) is 0 Å². The van der Waals surface area contributed by atoms with Crippen molar-refractivity contribution in [2.75, 3.05) is 13.7 Å². The summed E-state index contributed by atoms with van der Waals surface area (Å²) >= 11 is 0. The highest BCUT2D eigenvalue weighted by molar-refractivity contribution is 5.86. The lowest BCUT2D eigenvalue weighted by molar-refractivity contribution is -0.147. The van der Waals surface area contributed by atoms with Gasteiger partial charge in [0.2, 0.25) is 0 Å². The van der Waals surface area contributed by atoms with Gasteiger partial charge in [-0.2, -0.15) is 0 Å². The summed E-state index contributed by atoms with van der Waals surface area (Å²) in [4.78, 5) is 11.9. The van der Waals surface area contributed by atoms with Crippen molar-refractivity contribution in [1.82, 2.24) is 0 Å². The van der Waals surface area contributed by atoms with Gasteiger partial charge in [-0.3, -0.25) is 4.79 Å². The molecule has 4 nitrogen and oxygen atoms in total. The molecule has 2 aromatic rings. The molecule has 0 radical (unpaired) electrons. The fourth-order valence-corrected chi connectivity index (χ4v) is 2.10. The quantitative estimate of drug-likeness (QED) is 0.860. The lowest BCUT2D eigenvalue weighted by Crippen LogP contribution is -2.19. The number of hydrogen-bond acceptors (Lipinski definition) is 4. The van der Waals surface area contributed by atoms with E-state index in [2.05, 4.69) is 0 Å². The molecule has 2 rings (SSSR count). The molecule has 0 fully saturated rings. The van der Waals surface area contributed by atoms with Crippen LogP contribution in [0.25, 0.3) is 10.8 Å². The topological polar surface area (TPSA) is 55.8 Å². The van der Waals surface area contributed by atoms with Gasteiger partial charge in [0.1, 0.15) is 12.4 Å². The van der Waals surface area contributed by atoms with E-state index in [0.29, 0.717) is 0 Å². The van der Waals surface area contributed by atoms with Gasteiger partial charge in [0, 0.05) is 0 Å². The Morgan fingerprint density at radius 2 is 1.81 bits per heavy atom.